The van der Waals surface area contributed by atoms with Crippen LogP contribution in [0.5, 0.6) is 0 Å². The highest BCUT2D eigenvalue weighted by Gasteiger charge is 2.04. The van der Waals surface area contributed by atoms with Crippen molar-refractivity contribution in [2.75, 3.05) is 7.11 Å². The average molecular weight is 232 g/mol. The summed E-state index contributed by atoms with van der Waals surface area (Å²) < 4.78 is 5.22. The molecule has 17 heavy (non-hydrogen) atoms. The molecule has 1 nitrogen and oxygen atoms in total. The second-order valence-electron chi connectivity index (χ2n) is 4.44. The Morgan fingerprint density at radius 2 is 1.94 bits per heavy atom. The van der Waals surface area contributed by atoms with Crippen molar-refractivity contribution in [3.8, 4) is 0 Å². The number of benzene rings is 1. The third-order valence-corrected chi connectivity index (χ3v) is 3.09. The van der Waals surface area contributed by atoms with Gasteiger partial charge in [0, 0.05) is 7.11 Å². The summed E-state index contributed by atoms with van der Waals surface area (Å²) in [5.41, 5.74) is 3.92. The summed E-state index contributed by atoms with van der Waals surface area (Å²) in [7, 11) is 1.74. The fraction of sp³-hybridized carbons (Fsp3) is 0.500. The van der Waals surface area contributed by atoms with Crippen molar-refractivity contribution in [2.24, 2.45) is 0 Å². The molecule has 94 valence electrons. The monoisotopic (exact) mass is 232 g/mol. The maximum atomic E-state index is 5.22. The van der Waals surface area contributed by atoms with Gasteiger partial charge in [0.15, 0.2) is 0 Å². The molecule has 0 bridgehead atoms. The Labute approximate surface area is 106 Å². The van der Waals surface area contributed by atoms with Gasteiger partial charge in [-0.2, -0.15) is 0 Å². The van der Waals surface area contributed by atoms with E-state index >= 15 is 0 Å². The minimum Gasteiger partial charge on any atom is -0.380 e. The van der Waals surface area contributed by atoms with Gasteiger partial charge in [-0.05, 0) is 29.5 Å². The van der Waals surface area contributed by atoms with E-state index in [1.54, 1.807) is 7.11 Å². The van der Waals surface area contributed by atoms with Crippen molar-refractivity contribution in [3.63, 3.8) is 0 Å². The van der Waals surface area contributed by atoms with Crippen molar-refractivity contribution >= 4 is 6.08 Å². The van der Waals surface area contributed by atoms with Crippen LogP contribution in [0.2, 0.25) is 0 Å². The number of methoxy groups -OCH3 is 1. The fourth-order valence-corrected chi connectivity index (χ4v) is 2.17. The number of hydrogen-bond acceptors (Lipinski definition) is 1. The molecule has 0 saturated carbocycles. The summed E-state index contributed by atoms with van der Waals surface area (Å²) >= 11 is 0. The van der Waals surface area contributed by atoms with Crippen molar-refractivity contribution in [3.05, 3.63) is 41.5 Å². The Hall–Kier alpha value is -1.08. The van der Waals surface area contributed by atoms with E-state index in [0.717, 1.165) is 6.42 Å². The summed E-state index contributed by atoms with van der Waals surface area (Å²) in [4.78, 5) is 0. The van der Waals surface area contributed by atoms with E-state index in [1.165, 1.54) is 42.4 Å². The first-order chi connectivity index (χ1) is 8.33. The number of rotatable bonds is 8. The van der Waals surface area contributed by atoms with E-state index < -0.39 is 0 Å². The van der Waals surface area contributed by atoms with E-state index in [4.69, 9.17) is 4.74 Å². The average Bonchev–Trinajstić information content (AvgIpc) is 2.35. The molecule has 0 N–H and O–H groups in total. The van der Waals surface area contributed by atoms with E-state index in [-0.39, 0.29) is 0 Å². The smallest absolute Gasteiger partial charge is 0.0718 e. The largest absolute Gasteiger partial charge is 0.380 e. The van der Waals surface area contributed by atoms with Gasteiger partial charge < -0.3 is 4.74 Å². The molecule has 0 atom stereocenters. The van der Waals surface area contributed by atoms with E-state index in [1.807, 2.05) is 6.08 Å². The first-order valence-corrected chi connectivity index (χ1v) is 6.55. The van der Waals surface area contributed by atoms with Gasteiger partial charge in [-0.3, -0.25) is 0 Å². The Kier molecular flexibility index (Phi) is 6.64. The highest BCUT2D eigenvalue weighted by atomic mass is 16.5. The quantitative estimate of drug-likeness (QED) is 0.595. The zero-order valence-electron chi connectivity index (χ0n) is 11.2. The van der Waals surface area contributed by atoms with Crippen molar-refractivity contribution in [1.29, 1.82) is 0 Å². The summed E-state index contributed by atoms with van der Waals surface area (Å²) in [6.45, 7) is 6.84. The van der Waals surface area contributed by atoms with Crippen LogP contribution in [0, 0.1) is 0 Å². The lowest BCUT2D eigenvalue weighted by Gasteiger charge is -2.11. The van der Waals surface area contributed by atoms with Crippen molar-refractivity contribution in [2.45, 2.75) is 45.6 Å². The first-order valence-electron chi connectivity index (χ1n) is 6.55. The normalized spacial score (nSPS) is 10.5. The second-order valence-corrected chi connectivity index (χ2v) is 4.44. The predicted molar refractivity (Wildman–Crippen MR) is 75.1 cm³/mol. The zero-order chi connectivity index (χ0) is 12.5. The Morgan fingerprint density at radius 3 is 2.59 bits per heavy atom. The van der Waals surface area contributed by atoms with Gasteiger partial charge >= 0.3 is 0 Å². The second kappa shape index (κ2) is 8.08. The minimum absolute atomic E-state index is 0.671. The Balaban J connectivity index is 2.69. The SMILES string of the molecule is C=Cc1c(CCCCCC)cccc1COC. The summed E-state index contributed by atoms with van der Waals surface area (Å²) in [6, 6.07) is 6.45. The predicted octanol–water partition coefficient (Wildman–Crippen LogP) is 4.60. The summed E-state index contributed by atoms with van der Waals surface area (Å²) in [5.74, 6) is 0. The molecule has 1 heteroatoms. The van der Waals surface area contributed by atoms with Gasteiger partial charge in [0.2, 0.25) is 0 Å². The molecule has 1 aromatic carbocycles. The van der Waals surface area contributed by atoms with E-state index in [0.29, 0.717) is 6.61 Å². The van der Waals surface area contributed by atoms with Crippen LogP contribution in [-0.2, 0) is 17.8 Å². The number of aryl methyl sites for hydroxylation is 1. The molecule has 0 spiro atoms. The molecule has 0 radical (unpaired) electrons. The zero-order valence-corrected chi connectivity index (χ0v) is 11.2. The molecule has 0 aliphatic rings. The Morgan fingerprint density at radius 1 is 1.18 bits per heavy atom. The number of ether oxygens (including phenoxy) is 1. The molecule has 0 heterocycles. The topological polar surface area (TPSA) is 9.23 Å². The van der Waals surface area contributed by atoms with Crippen LogP contribution in [0.25, 0.3) is 6.08 Å². The molecule has 0 aliphatic carbocycles. The van der Waals surface area contributed by atoms with Gasteiger partial charge in [-0.1, -0.05) is 57.0 Å². The van der Waals surface area contributed by atoms with E-state index in [2.05, 4.69) is 31.7 Å². The highest BCUT2D eigenvalue weighted by Crippen LogP contribution is 2.19. The lowest BCUT2D eigenvalue weighted by atomic mass is 9.97. The van der Waals surface area contributed by atoms with Gasteiger partial charge in [-0.15, -0.1) is 0 Å². The molecule has 1 aromatic rings. The fourth-order valence-electron chi connectivity index (χ4n) is 2.17. The standard InChI is InChI=1S/C16H24O/c1-4-6-7-8-10-14-11-9-12-15(13-17-3)16(14)5-2/h5,9,11-12H,2,4,6-8,10,13H2,1,3H3. The molecule has 0 fully saturated rings. The summed E-state index contributed by atoms with van der Waals surface area (Å²) in [5, 5.41) is 0. The van der Waals surface area contributed by atoms with Crippen LogP contribution in [0.15, 0.2) is 24.8 Å². The molecule has 0 saturated heterocycles. The molecular weight excluding hydrogens is 208 g/mol. The van der Waals surface area contributed by atoms with Gasteiger partial charge in [0.05, 0.1) is 6.61 Å². The third kappa shape index (κ3) is 4.35. The highest BCUT2D eigenvalue weighted by molar-refractivity contribution is 5.56. The molecule has 0 unspecified atom stereocenters. The molecule has 0 amide bonds. The van der Waals surface area contributed by atoms with Gasteiger partial charge in [0.1, 0.15) is 0 Å². The molecule has 0 aliphatic heterocycles. The van der Waals surface area contributed by atoms with Crippen LogP contribution in [0.3, 0.4) is 0 Å². The molecular formula is C16H24O. The van der Waals surface area contributed by atoms with Crippen molar-refractivity contribution < 1.29 is 4.74 Å². The molecule has 0 aromatic heterocycles. The van der Waals surface area contributed by atoms with Crippen LogP contribution < -0.4 is 0 Å². The first kappa shape index (κ1) is 14.0. The lowest BCUT2D eigenvalue weighted by Crippen LogP contribution is -1.97. The maximum Gasteiger partial charge on any atom is 0.0718 e. The summed E-state index contributed by atoms with van der Waals surface area (Å²) in [6.07, 6.45) is 8.33. The van der Waals surface area contributed by atoms with Crippen LogP contribution >= 0.6 is 0 Å². The van der Waals surface area contributed by atoms with Crippen LogP contribution in [0.4, 0.5) is 0 Å². The van der Waals surface area contributed by atoms with Crippen LogP contribution in [0.1, 0.15) is 49.3 Å². The Bertz CT molecular complexity index is 341. The number of unbranched alkanes of at least 4 members (excludes halogenated alkanes) is 3. The van der Waals surface area contributed by atoms with Gasteiger partial charge in [0.25, 0.3) is 0 Å². The number of hydrogen-bond donors (Lipinski definition) is 0. The van der Waals surface area contributed by atoms with Gasteiger partial charge in [-0.25, -0.2) is 0 Å². The minimum atomic E-state index is 0.671. The van der Waals surface area contributed by atoms with E-state index in [9.17, 15) is 0 Å². The van der Waals surface area contributed by atoms with Crippen molar-refractivity contribution in [1.82, 2.24) is 0 Å². The maximum absolute atomic E-state index is 5.22. The molecule has 1 rings (SSSR count). The third-order valence-electron chi connectivity index (χ3n) is 3.09. The lowest BCUT2D eigenvalue weighted by molar-refractivity contribution is 0.184. The van der Waals surface area contributed by atoms with Crippen LogP contribution in [-0.4, -0.2) is 7.11 Å².